The van der Waals surface area contributed by atoms with E-state index in [0.717, 1.165) is 31.4 Å². The first-order valence-electron chi connectivity index (χ1n) is 13.5. The summed E-state index contributed by atoms with van der Waals surface area (Å²) < 4.78 is 57.0. The van der Waals surface area contributed by atoms with Gasteiger partial charge in [0.2, 0.25) is 12.3 Å². The second kappa shape index (κ2) is 10.8. The van der Waals surface area contributed by atoms with Crippen LogP contribution in [0.15, 0.2) is 30.5 Å². The number of alkyl halides is 2. The van der Waals surface area contributed by atoms with Gasteiger partial charge >= 0.3 is 0 Å². The van der Waals surface area contributed by atoms with Crippen molar-refractivity contribution >= 4 is 22.8 Å². The first-order valence-corrected chi connectivity index (χ1v) is 13.5. The molecule has 1 amide bonds. The van der Waals surface area contributed by atoms with Crippen molar-refractivity contribution in [2.45, 2.75) is 69.1 Å². The molecule has 3 aromatic heterocycles. The number of carbonyl (C=O) groups is 1. The molecule has 4 aliphatic rings. The molecule has 2 saturated heterocycles. The topological polar surface area (TPSA) is 107 Å². The molecule has 2 bridgehead atoms. The maximum Gasteiger partial charge on any atom is 0.263 e. The van der Waals surface area contributed by atoms with Gasteiger partial charge in [-0.3, -0.25) is 9.78 Å². The fourth-order valence-electron chi connectivity index (χ4n) is 5.70. The summed E-state index contributed by atoms with van der Waals surface area (Å²) in [7, 11) is 0. The van der Waals surface area contributed by atoms with Crippen LogP contribution in [0.3, 0.4) is 0 Å². The molecule has 212 valence electrons. The van der Waals surface area contributed by atoms with Gasteiger partial charge in [0.15, 0.2) is 18.2 Å². The zero-order chi connectivity index (χ0) is 27.7. The van der Waals surface area contributed by atoms with E-state index in [-0.39, 0.29) is 36.1 Å². The van der Waals surface area contributed by atoms with Crippen molar-refractivity contribution in [3.63, 3.8) is 0 Å². The number of hydrogen-bond acceptors (Lipinski definition) is 8. The van der Waals surface area contributed by atoms with E-state index < -0.39 is 18.7 Å². The van der Waals surface area contributed by atoms with Crippen molar-refractivity contribution in [2.75, 3.05) is 25.1 Å². The van der Waals surface area contributed by atoms with Crippen LogP contribution in [0.5, 0.6) is 11.6 Å². The fraction of sp³-hybridized carbons (Fsp3) is 0.500. The minimum atomic E-state index is -2.46. The van der Waals surface area contributed by atoms with Crippen LogP contribution in [-0.2, 0) is 22.5 Å². The maximum absolute atomic E-state index is 14.9. The number of amides is 1. The molecule has 2 N–H and O–H groups in total. The van der Waals surface area contributed by atoms with Crippen LogP contribution in [-0.4, -0.2) is 58.2 Å². The van der Waals surface area contributed by atoms with Gasteiger partial charge in [-0.15, -0.1) is 0 Å². The van der Waals surface area contributed by atoms with E-state index in [1.807, 2.05) is 12.1 Å². The van der Waals surface area contributed by atoms with Crippen LogP contribution in [0, 0.1) is 5.82 Å². The standard InChI is InChI=1S/C28H30F3N5O4/c29-19-14-32-20-2-4-24(38-12-6-22(30)31)36-25(20)18(19)5-7-28-10-8-27(9-11-28,16-40-28)33-13-17-1-3-21-26(34-17)35-23(37)15-39-21/h1-4,14,22,33H,5-13,15-16H2,(H,34,35,37). The van der Waals surface area contributed by atoms with Gasteiger partial charge in [-0.25, -0.2) is 23.1 Å². The summed E-state index contributed by atoms with van der Waals surface area (Å²) in [6, 6.07) is 6.92. The number of anilines is 1. The number of pyridine rings is 3. The summed E-state index contributed by atoms with van der Waals surface area (Å²) in [5, 5.41) is 6.37. The molecular weight excluding hydrogens is 527 g/mol. The second-order valence-electron chi connectivity index (χ2n) is 10.7. The van der Waals surface area contributed by atoms with Gasteiger partial charge in [-0.2, -0.15) is 0 Å². The summed E-state index contributed by atoms with van der Waals surface area (Å²) in [6.45, 7) is 0.890. The Morgan fingerprint density at radius 1 is 1.12 bits per heavy atom. The second-order valence-corrected chi connectivity index (χ2v) is 10.7. The third kappa shape index (κ3) is 5.55. The Morgan fingerprint density at radius 2 is 1.98 bits per heavy atom. The summed E-state index contributed by atoms with van der Waals surface area (Å²) in [6.07, 6.45) is 2.86. The Labute approximate surface area is 228 Å². The maximum atomic E-state index is 14.9. The Hall–Kier alpha value is -3.51. The smallest absolute Gasteiger partial charge is 0.263 e. The van der Waals surface area contributed by atoms with Crippen molar-refractivity contribution in [2.24, 2.45) is 0 Å². The van der Waals surface area contributed by atoms with Gasteiger partial charge in [-0.1, -0.05) is 0 Å². The molecule has 0 unspecified atom stereocenters. The van der Waals surface area contributed by atoms with Gasteiger partial charge in [0.05, 0.1) is 41.7 Å². The highest BCUT2D eigenvalue weighted by atomic mass is 19.3. The first-order chi connectivity index (χ1) is 19.3. The highest BCUT2D eigenvalue weighted by molar-refractivity contribution is 5.94. The predicted octanol–water partition coefficient (Wildman–Crippen LogP) is 4.33. The summed E-state index contributed by atoms with van der Waals surface area (Å²) >= 11 is 0. The van der Waals surface area contributed by atoms with Crippen LogP contribution >= 0.6 is 0 Å². The van der Waals surface area contributed by atoms with Gasteiger partial charge in [-0.05, 0) is 56.7 Å². The lowest BCUT2D eigenvalue weighted by molar-refractivity contribution is -0.165. The molecule has 1 aliphatic carbocycles. The molecule has 3 aliphatic heterocycles. The molecule has 1 saturated carbocycles. The third-order valence-electron chi connectivity index (χ3n) is 8.11. The first kappa shape index (κ1) is 26.7. The van der Waals surface area contributed by atoms with Gasteiger partial charge in [0.1, 0.15) is 5.82 Å². The van der Waals surface area contributed by atoms with Crippen molar-refractivity contribution < 1.29 is 32.2 Å². The Morgan fingerprint density at radius 3 is 2.75 bits per heavy atom. The zero-order valence-corrected chi connectivity index (χ0v) is 21.9. The number of fused-ring (bicyclic) bond motifs is 5. The number of aromatic nitrogens is 3. The molecule has 9 nitrogen and oxygen atoms in total. The minimum absolute atomic E-state index is 0.00591. The molecule has 3 aromatic rings. The average molecular weight is 558 g/mol. The average Bonchev–Trinajstić information content (AvgIpc) is 2.96. The highest BCUT2D eigenvalue weighted by Crippen LogP contribution is 2.46. The third-order valence-corrected chi connectivity index (χ3v) is 8.11. The summed E-state index contributed by atoms with van der Waals surface area (Å²) in [4.78, 5) is 24.6. The van der Waals surface area contributed by atoms with Crippen LogP contribution in [0.25, 0.3) is 11.0 Å². The molecule has 7 rings (SSSR count). The summed E-state index contributed by atoms with van der Waals surface area (Å²) in [5.74, 6) is 0.498. The number of nitrogens with one attached hydrogen (secondary N) is 2. The quantitative estimate of drug-likeness (QED) is 0.379. The normalized spacial score (nSPS) is 23.6. The van der Waals surface area contributed by atoms with E-state index in [1.54, 1.807) is 12.1 Å². The lowest BCUT2D eigenvalue weighted by Gasteiger charge is -2.53. The number of halogens is 3. The van der Waals surface area contributed by atoms with Crippen molar-refractivity contribution in [3.8, 4) is 11.6 Å². The van der Waals surface area contributed by atoms with E-state index in [4.69, 9.17) is 14.2 Å². The molecule has 6 heterocycles. The number of aryl methyl sites for hydroxylation is 1. The van der Waals surface area contributed by atoms with E-state index in [0.29, 0.717) is 54.2 Å². The van der Waals surface area contributed by atoms with Crippen molar-refractivity contribution in [3.05, 3.63) is 47.5 Å². The van der Waals surface area contributed by atoms with Gasteiger partial charge in [0, 0.05) is 30.1 Å². The molecule has 0 radical (unpaired) electrons. The van der Waals surface area contributed by atoms with Crippen LogP contribution in [0.1, 0.15) is 49.8 Å². The Kier molecular flexibility index (Phi) is 7.22. The van der Waals surface area contributed by atoms with Crippen molar-refractivity contribution in [1.29, 1.82) is 0 Å². The summed E-state index contributed by atoms with van der Waals surface area (Å²) in [5.41, 5.74) is 1.62. The highest BCUT2D eigenvalue weighted by Gasteiger charge is 2.49. The monoisotopic (exact) mass is 557 g/mol. The van der Waals surface area contributed by atoms with E-state index in [1.165, 1.54) is 6.20 Å². The molecular formula is C28H30F3N5O4. The molecule has 0 spiro atoms. The lowest BCUT2D eigenvalue weighted by atomic mass is 9.69. The number of nitrogens with zero attached hydrogens (tertiary/aromatic N) is 3. The number of ether oxygens (including phenoxy) is 3. The van der Waals surface area contributed by atoms with E-state index >= 15 is 0 Å². The Bertz CT molecular complexity index is 1400. The van der Waals surface area contributed by atoms with Crippen LogP contribution < -0.4 is 20.1 Å². The van der Waals surface area contributed by atoms with Gasteiger partial charge in [0.25, 0.3) is 5.91 Å². The van der Waals surface area contributed by atoms with Crippen molar-refractivity contribution in [1.82, 2.24) is 20.3 Å². The minimum Gasteiger partial charge on any atom is -0.480 e. The van der Waals surface area contributed by atoms with E-state index in [9.17, 15) is 18.0 Å². The fourth-order valence-corrected chi connectivity index (χ4v) is 5.70. The molecule has 40 heavy (non-hydrogen) atoms. The van der Waals surface area contributed by atoms with Gasteiger partial charge < -0.3 is 24.8 Å². The number of rotatable bonds is 10. The lowest BCUT2D eigenvalue weighted by Crippen LogP contribution is -2.61. The SMILES string of the molecule is O=C1COc2ccc(CNC34CCC(CCc5c(F)cnc6ccc(OCCC(F)F)nc56)(CC3)OC4)nc2N1. The molecule has 3 fully saturated rings. The molecule has 12 heteroatoms. The van der Waals surface area contributed by atoms with Crippen LogP contribution in [0.2, 0.25) is 0 Å². The molecule has 0 aromatic carbocycles. The largest absolute Gasteiger partial charge is 0.480 e. The predicted molar refractivity (Wildman–Crippen MR) is 139 cm³/mol. The number of hydrogen-bond donors (Lipinski definition) is 2. The Balaban J connectivity index is 1.08. The number of carbonyl (C=O) groups excluding carboxylic acids is 1. The van der Waals surface area contributed by atoms with Crippen LogP contribution in [0.4, 0.5) is 19.0 Å². The zero-order valence-electron chi connectivity index (χ0n) is 21.9. The molecule has 0 atom stereocenters. The van der Waals surface area contributed by atoms with E-state index in [2.05, 4.69) is 25.6 Å².